The molecule has 2 aromatic heterocycles. The minimum atomic E-state index is -0.144. The van der Waals surface area contributed by atoms with Gasteiger partial charge in [0.2, 0.25) is 5.91 Å². The van der Waals surface area contributed by atoms with Crippen molar-refractivity contribution in [2.45, 2.75) is 25.8 Å². The smallest absolute Gasteiger partial charge is 0.227 e. The Labute approximate surface area is 141 Å². The Bertz CT molecular complexity index is 782. The molecule has 0 saturated heterocycles. The fraction of sp³-hybridized carbons (Fsp3) is 0.200. The van der Waals surface area contributed by atoms with Crippen LogP contribution in [0.3, 0.4) is 0 Å². The van der Waals surface area contributed by atoms with Gasteiger partial charge in [-0.3, -0.25) is 9.78 Å². The number of pyridine rings is 1. The lowest BCUT2D eigenvalue weighted by atomic mass is 9.95. The van der Waals surface area contributed by atoms with Gasteiger partial charge in [-0.05, 0) is 30.2 Å². The van der Waals surface area contributed by atoms with Gasteiger partial charge in [0.05, 0.1) is 12.2 Å². The van der Waals surface area contributed by atoms with Crippen molar-refractivity contribution in [2.75, 3.05) is 0 Å². The van der Waals surface area contributed by atoms with Crippen molar-refractivity contribution < 1.29 is 9.21 Å². The normalized spacial score (nSPS) is 11.9. The highest BCUT2D eigenvalue weighted by atomic mass is 16.3. The third-order valence-corrected chi connectivity index (χ3v) is 4.03. The summed E-state index contributed by atoms with van der Waals surface area (Å²) in [5.41, 5.74) is 2.73. The number of carbonyl (C=O) groups excluding carboxylic acids is 1. The number of benzene rings is 1. The standard InChI is InChI=1S/C20H20N2O2/c1-2-17(15-8-4-3-5-9-15)20(23)22-14-16-10-6-12-21-19(16)18-11-7-13-24-18/h3-13,17H,2,14H2,1H3,(H,22,23)/t17-/m0/s1. The molecule has 24 heavy (non-hydrogen) atoms. The highest BCUT2D eigenvalue weighted by Gasteiger charge is 2.18. The fourth-order valence-electron chi connectivity index (χ4n) is 2.78. The van der Waals surface area contributed by atoms with Crippen LogP contribution in [-0.2, 0) is 11.3 Å². The zero-order valence-corrected chi connectivity index (χ0v) is 13.6. The maximum atomic E-state index is 12.6. The number of hydrogen-bond acceptors (Lipinski definition) is 3. The Morgan fingerprint density at radius 3 is 2.67 bits per heavy atom. The molecule has 0 aliphatic rings. The van der Waals surface area contributed by atoms with E-state index >= 15 is 0 Å². The van der Waals surface area contributed by atoms with Crippen LogP contribution in [-0.4, -0.2) is 10.9 Å². The van der Waals surface area contributed by atoms with Gasteiger partial charge in [-0.1, -0.05) is 43.3 Å². The first-order valence-corrected chi connectivity index (χ1v) is 8.10. The fourth-order valence-corrected chi connectivity index (χ4v) is 2.78. The predicted octanol–water partition coefficient (Wildman–Crippen LogP) is 4.15. The summed E-state index contributed by atoms with van der Waals surface area (Å²) in [6.45, 7) is 2.45. The average Bonchev–Trinajstić information content (AvgIpc) is 3.16. The summed E-state index contributed by atoms with van der Waals surface area (Å²) in [5, 5.41) is 3.03. The van der Waals surface area contributed by atoms with E-state index in [1.807, 2.05) is 61.5 Å². The molecule has 0 spiro atoms. The number of aromatic nitrogens is 1. The van der Waals surface area contributed by atoms with Gasteiger partial charge >= 0.3 is 0 Å². The number of nitrogens with zero attached hydrogens (tertiary/aromatic N) is 1. The summed E-state index contributed by atoms with van der Waals surface area (Å²) in [5.74, 6) is 0.586. The minimum absolute atomic E-state index is 0.0259. The molecule has 4 nitrogen and oxygen atoms in total. The molecule has 0 bridgehead atoms. The maximum absolute atomic E-state index is 12.6. The Morgan fingerprint density at radius 1 is 1.12 bits per heavy atom. The van der Waals surface area contributed by atoms with Crippen LogP contribution in [0.25, 0.3) is 11.5 Å². The second-order valence-corrected chi connectivity index (χ2v) is 5.58. The zero-order valence-electron chi connectivity index (χ0n) is 13.6. The van der Waals surface area contributed by atoms with Crippen LogP contribution < -0.4 is 5.32 Å². The number of carbonyl (C=O) groups is 1. The largest absolute Gasteiger partial charge is 0.463 e. The van der Waals surface area contributed by atoms with Crippen molar-refractivity contribution >= 4 is 5.91 Å². The van der Waals surface area contributed by atoms with Crippen LogP contribution >= 0.6 is 0 Å². The van der Waals surface area contributed by atoms with Crippen LogP contribution in [0.4, 0.5) is 0 Å². The topological polar surface area (TPSA) is 55.1 Å². The first-order chi connectivity index (χ1) is 11.8. The van der Waals surface area contributed by atoms with E-state index in [1.165, 1.54) is 0 Å². The summed E-state index contributed by atoms with van der Waals surface area (Å²) >= 11 is 0. The van der Waals surface area contributed by atoms with E-state index in [-0.39, 0.29) is 11.8 Å². The summed E-state index contributed by atoms with van der Waals surface area (Å²) in [6, 6.07) is 17.4. The van der Waals surface area contributed by atoms with E-state index in [0.29, 0.717) is 12.3 Å². The molecule has 122 valence electrons. The number of rotatable bonds is 6. The Balaban J connectivity index is 1.73. The minimum Gasteiger partial charge on any atom is -0.463 e. The van der Waals surface area contributed by atoms with Crippen molar-refractivity contribution in [1.82, 2.24) is 10.3 Å². The zero-order chi connectivity index (χ0) is 16.8. The van der Waals surface area contributed by atoms with Crippen molar-refractivity contribution in [3.63, 3.8) is 0 Å². The highest BCUT2D eigenvalue weighted by molar-refractivity contribution is 5.83. The number of nitrogens with one attached hydrogen (secondary N) is 1. The summed E-state index contributed by atoms with van der Waals surface area (Å²) < 4.78 is 5.43. The van der Waals surface area contributed by atoms with E-state index in [1.54, 1.807) is 12.5 Å². The Morgan fingerprint density at radius 2 is 1.96 bits per heavy atom. The van der Waals surface area contributed by atoms with E-state index in [9.17, 15) is 4.79 Å². The lowest BCUT2D eigenvalue weighted by Crippen LogP contribution is -2.29. The Kier molecular flexibility index (Phi) is 5.06. The molecule has 0 fully saturated rings. The number of hydrogen-bond donors (Lipinski definition) is 1. The molecule has 1 N–H and O–H groups in total. The maximum Gasteiger partial charge on any atom is 0.227 e. The van der Waals surface area contributed by atoms with E-state index in [4.69, 9.17) is 4.42 Å². The van der Waals surface area contributed by atoms with Crippen LogP contribution in [0.5, 0.6) is 0 Å². The van der Waals surface area contributed by atoms with Crippen molar-refractivity contribution in [3.8, 4) is 11.5 Å². The number of amides is 1. The molecule has 0 saturated carbocycles. The third-order valence-electron chi connectivity index (χ3n) is 4.03. The van der Waals surface area contributed by atoms with E-state index < -0.39 is 0 Å². The summed E-state index contributed by atoms with van der Waals surface area (Å²) in [6.07, 6.45) is 4.10. The van der Waals surface area contributed by atoms with Gasteiger partial charge in [0.25, 0.3) is 0 Å². The first-order valence-electron chi connectivity index (χ1n) is 8.10. The molecule has 4 heteroatoms. The van der Waals surface area contributed by atoms with Gasteiger partial charge in [-0.2, -0.15) is 0 Å². The van der Waals surface area contributed by atoms with Gasteiger partial charge < -0.3 is 9.73 Å². The highest BCUT2D eigenvalue weighted by Crippen LogP contribution is 2.23. The molecule has 0 aliphatic heterocycles. The van der Waals surface area contributed by atoms with Crippen molar-refractivity contribution in [2.24, 2.45) is 0 Å². The molecule has 0 unspecified atom stereocenters. The van der Waals surface area contributed by atoms with Crippen molar-refractivity contribution in [3.05, 3.63) is 78.2 Å². The van der Waals surface area contributed by atoms with Crippen LogP contribution in [0.1, 0.15) is 30.4 Å². The molecule has 1 atom stereocenters. The van der Waals surface area contributed by atoms with Crippen molar-refractivity contribution in [1.29, 1.82) is 0 Å². The predicted molar refractivity (Wildman–Crippen MR) is 93.3 cm³/mol. The quantitative estimate of drug-likeness (QED) is 0.742. The first kappa shape index (κ1) is 16.0. The number of furan rings is 1. The van der Waals surface area contributed by atoms with Crippen LogP contribution in [0.2, 0.25) is 0 Å². The average molecular weight is 320 g/mol. The lowest BCUT2D eigenvalue weighted by molar-refractivity contribution is -0.122. The summed E-state index contributed by atoms with van der Waals surface area (Å²) in [7, 11) is 0. The molecule has 0 aliphatic carbocycles. The van der Waals surface area contributed by atoms with Gasteiger partial charge in [0, 0.05) is 18.3 Å². The monoisotopic (exact) mass is 320 g/mol. The van der Waals surface area contributed by atoms with E-state index in [2.05, 4.69) is 10.3 Å². The molecule has 2 heterocycles. The van der Waals surface area contributed by atoms with Gasteiger partial charge in [-0.25, -0.2) is 0 Å². The van der Waals surface area contributed by atoms with Crippen LogP contribution in [0, 0.1) is 0 Å². The lowest BCUT2D eigenvalue weighted by Gasteiger charge is -2.16. The second kappa shape index (κ2) is 7.59. The molecule has 1 aromatic carbocycles. The van der Waals surface area contributed by atoms with Gasteiger partial charge in [0.1, 0.15) is 5.69 Å². The molecule has 3 rings (SSSR count). The summed E-state index contributed by atoms with van der Waals surface area (Å²) in [4.78, 5) is 17.0. The van der Waals surface area contributed by atoms with Gasteiger partial charge in [-0.15, -0.1) is 0 Å². The Hall–Kier alpha value is -2.88. The molecule has 3 aromatic rings. The second-order valence-electron chi connectivity index (χ2n) is 5.58. The van der Waals surface area contributed by atoms with E-state index in [0.717, 1.165) is 23.2 Å². The third kappa shape index (κ3) is 3.54. The molecule has 1 amide bonds. The SMILES string of the molecule is CC[C@H](C(=O)NCc1cccnc1-c1ccco1)c1ccccc1. The molecular formula is C20H20N2O2. The van der Waals surface area contributed by atoms with Crippen LogP contribution in [0.15, 0.2) is 71.5 Å². The molecule has 0 radical (unpaired) electrons. The van der Waals surface area contributed by atoms with Gasteiger partial charge in [0.15, 0.2) is 5.76 Å². The molecular weight excluding hydrogens is 300 g/mol.